The molecule has 1 saturated heterocycles. The quantitative estimate of drug-likeness (QED) is 0.909. The fraction of sp³-hybridized carbons (Fsp3) is 0.471. The molecule has 0 saturated carbocycles. The number of aromatic nitrogens is 1. The van der Waals surface area contributed by atoms with Gasteiger partial charge in [0.05, 0.1) is 0 Å². The molecule has 1 aliphatic heterocycles. The van der Waals surface area contributed by atoms with E-state index in [1.807, 2.05) is 6.20 Å². The second-order valence-electron chi connectivity index (χ2n) is 6.03. The maximum absolute atomic E-state index is 5.84. The van der Waals surface area contributed by atoms with Crippen LogP contribution in [0.5, 0.6) is 0 Å². The van der Waals surface area contributed by atoms with Crippen molar-refractivity contribution < 1.29 is 0 Å². The highest BCUT2D eigenvalue weighted by atomic mass is 15.2. The van der Waals surface area contributed by atoms with Gasteiger partial charge in [-0.1, -0.05) is 31.2 Å². The third-order valence-electron chi connectivity index (χ3n) is 4.49. The highest BCUT2D eigenvalue weighted by Crippen LogP contribution is 2.32. The molecule has 0 aliphatic carbocycles. The van der Waals surface area contributed by atoms with E-state index in [-0.39, 0.29) is 0 Å². The van der Waals surface area contributed by atoms with Crippen LogP contribution < -0.4 is 10.6 Å². The Hall–Kier alpha value is -1.61. The van der Waals surface area contributed by atoms with Gasteiger partial charge >= 0.3 is 0 Å². The summed E-state index contributed by atoms with van der Waals surface area (Å²) in [6.07, 6.45) is 4.44. The van der Waals surface area contributed by atoms with Crippen LogP contribution in [-0.4, -0.2) is 17.6 Å². The van der Waals surface area contributed by atoms with Crippen LogP contribution in [0.15, 0.2) is 30.5 Å². The van der Waals surface area contributed by atoms with E-state index in [0.717, 1.165) is 23.8 Å². The Morgan fingerprint density at radius 3 is 2.70 bits per heavy atom. The summed E-state index contributed by atoms with van der Waals surface area (Å²) < 4.78 is 0. The van der Waals surface area contributed by atoms with E-state index in [1.165, 1.54) is 23.6 Å². The third-order valence-corrected chi connectivity index (χ3v) is 4.49. The molecule has 3 rings (SSSR count). The molecule has 2 N–H and O–H groups in total. The first kappa shape index (κ1) is 13.4. The molecule has 0 bridgehead atoms. The molecular formula is C17H23N3. The molecule has 0 radical (unpaired) electrons. The summed E-state index contributed by atoms with van der Waals surface area (Å²) in [6.45, 7) is 6.29. The van der Waals surface area contributed by atoms with Gasteiger partial charge in [-0.25, -0.2) is 4.98 Å². The van der Waals surface area contributed by atoms with Gasteiger partial charge in [-0.15, -0.1) is 0 Å². The van der Waals surface area contributed by atoms with E-state index in [2.05, 4.69) is 43.0 Å². The largest absolute Gasteiger partial charge is 0.353 e. The Morgan fingerprint density at radius 1 is 1.25 bits per heavy atom. The first-order valence-corrected chi connectivity index (χ1v) is 7.54. The molecule has 2 heterocycles. The van der Waals surface area contributed by atoms with Gasteiger partial charge in [0.25, 0.3) is 0 Å². The van der Waals surface area contributed by atoms with E-state index in [1.54, 1.807) is 0 Å². The van der Waals surface area contributed by atoms with E-state index in [4.69, 9.17) is 10.7 Å². The van der Waals surface area contributed by atoms with Crippen molar-refractivity contribution in [1.29, 1.82) is 0 Å². The molecule has 1 aliphatic rings. The lowest BCUT2D eigenvalue weighted by molar-refractivity contribution is 0.376. The van der Waals surface area contributed by atoms with E-state index >= 15 is 0 Å². The van der Waals surface area contributed by atoms with Crippen molar-refractivity contribution in [2.45, 2.75) is 39.3 Å². The summed E-state index contributed by atoms with van der Waals surface area (Å²) >= 11 is 0. The minimum Gasteiger partial charge on any atom is -0.353 e. The summed E-state index contributed by atoms with van der Waals surface area (Å²) in [6, 6.07) is 9.04. The monoisotopic (exact) mass is 269 g/mol. The van der Waals surface area contributed by atoms with Crippen LogP contribution in [0.4, 0.5) is 5.82 Å². The average Bonchev–Trinajstić information content (AvgIpc) is 2.47. The van der Waals surface area contributed by atoms with Gasteiger partial charge in [0.15, 0.2) is 0 Å². The molecule has 0 spiro atoms. The highest BCUT2D eigenvalue weighted by molar-refractivity contribution is 5.94. The number of nitrogens with zero attached hydrogens (tertiary/aromatic N) is 2. The molecular weight excluding hydrogens is 246 g/mol. The molecule has 1 aromatic heterocycles. The Morgan fingerprint density at radius 2 is 2.00 bits per heavy atom. The van der Waals surface area contributed by atoms with Crippen LogP contribution in [0.25, 0.3) is 10.8 Å². The Bertz CT molecular complexity index is 608. The predicted octanol–water partition coefficient (Wildman–Crippen LogP) is 3.32. The van der Waals surface area contributed by atoms with Crippen LogP contribution in [0.2, 0.25) is 0 Å². The second-order valence-corrected chi connectivity index (χ2v) is 6.03. The number of piperidine rings is 1. The molecule has 1 fully saturated rings. The van der Waals surface area contributed by atoms with Crippen LogP contribution >= 0.6 is 0 Å². The zero-order valence-corrected chi connectivity index (χ0v) is 12.3. The van der Waals surface area contributed by atoms with Gasteiger partial charge < -0.3 is 10.6 Å². The number of hydrogen-bond acceptors (Lipinski definition) is 3. The molecule has 0 amide bonds. The number of nitrogens with two attached hydrogens (primary N) is 1. The summed E-state index contributed by atoms with van der Waals surface area (Å²) in [5, 5.41) is 2.47. The topological polar surface area (TPSA) is 42.2 Å². The lowest BCUT2D eigenvalue weighted by atomic mass is 9.93. The van der Waals surface area contributed by atoms with Crippen molar-refractivity contribution >= 4 is 16.6 Å². The molecule has 1 aromatic carbocycles. The number of hydrogen-bond donors (Lipinski definition) is 1. The van der Waals surface area contributed by atoms with Crippen molar-refractivity contribution in [2.75, 3.05) is 11.4 Å². The van der Waals surface area contributed by atoms with Gasteiger partial charge in [-0.3, -0.25) is 0 Å². The highest BCUT2D eigenvalue weighted by Gasteiger charge is 2.25. The fourth-order valence-electron chi connectivity index (χ4n) is 3.35. The maximum Gasteiger partial charge on any atom is 0.136 e. The SMILES string of the molecule is CC1CCN(c2ncc(CN)c3ccccc23)C(C)C1. The number of rotatable bonds is 2. The predicted molar refractivity (Wildman–Crippen MR) is 84.8 cm³/mol. The molecule has 2 aromatic rings. The number of benzene rings is 1. The van der Waals surface area contributed by atoms with Crippen molar-refractivity contribution in [1.82, 2.24) is 4.98 Å². The van der Waals surface area contributed by atoms with Gasteiger partial charge in [-0.05, 0) is 36.6 Å². The molecule has 2 atom stereocenters. The van der Waals surface area contributed by atoms with E-state index in [0.29, 0.717) is 12.6 Å². The molecule has 20 heavy (non-hydrogen) atoms. The first-order chi connectivity index (χ1) is 9.70. The van der Waals surface area contributed by atoms with Crippen molar-refractivity contribution in [3.05, 3.63) is 36.0 Å². The van der Waals surface area contributed by atoms with Crippen LogP contribution in [-0.2, 0) is 6.54 Å². The number of anilines is 1. The van der Waals surface area contributed by atoms with Crippen LogP contribution in [0.1, 0.15) is 32.3 Å². The minimum absolute atomic E-state index is 0.542. The molecule has 3 nitrogen and oxygen atoms in total. The lowest BCUT2D eigenvalue weighted by Crippen LogP contribution is -2.40. The minimum atomic E-state index is 0.542. The summed E-state index contributed by atoms with van der Waals surface area (Å²) in [4.78, 5) is 7.18. The van der Waals surface area contributed by atoms with Gasteiger partial charge in [0.1, 0.15) is 5.82 Å². The average molecular weight is 269 g/mol. The van der Waals surface area contributed by atoms with Crippen molar-refractivity contribution in [3.63, 3.8) is 0 Å². The third kappa shape index (κ3) is 2.27. The Labute approximate surface area is 120 Å². The van der Waals surface area contributed by atoms with Crippen molar-refractivity contribution in [3.8, 4) is 0 Å². The standard InChI is InChI=1S/C17H23N3/c1-12-7-8-20(13(2)9-12)17-16-6-4-3-5-15(16)14(10-18)11-19-17/h3-6,11-13H,7-10,18H2,1-2H3. The summed E-state index contributed by atoms with van der Waals surface area (Å²) in [5.41, 5.74) is 6.96. The number of pyridine rings is 1. The summed E-state index contributed by atoms with van der Waals surface area (Å²) in [5.74, 6) is 1.94. The zero-order valence-electron chi connectivity index (χ0n) is 12.3. The Balaban J connectivity index is 2.08. The Kier molecular flexibility index (Phi) is 3.62. The smallest absolute Gasteiger partial charge is 0.136 e. The molecule has 106 valence electrons. The fourth-order valence-corrected chi connectivity index (χ4v) is 3.35. The van der Waals surface area contributed by atoms with Crippen molar-refractivity contribution in [2.24, 2.45) is 11.7 Å². The van der Waals surface area contributed by atoms with E-state index < -0.39 is 0 Å². The first-order valence-electron chi connectivity index (χ1n) is 7.54. The molecule has 2 unspecified atom stereocenters. The van der Waals surface area contributed by atoms with Gasteiger partial charge in [-0.2, -0.15) is 0 Å². The molecule has 3 heteroatoms. The van der Waals surface area contributed by atoms with Gasteiger partial charge in [0, 0.05) is 30.7 Å². The summed E-state index contributed by atoms with van der Waals surface area (Å²) in [7, 11) is 0. The van der Waals surface area contributed by atoms with Crippen LogP contribution in [0.3, 0.4) is 0 Å². The zero-order chi connectivity index (χ0) is 14.1. The lowest BCUT2D eigenvalue weighted by Gasteiger charge is -2.38. The maximum atomic E-state index is 5.84. The second kappa shape index (κ2) is 5.41. The van der Waals surface area contributed by atoms with Gasteiger partial charge in [0.2, 0.25) is 0 Å². The number of fused-ring (bicyclic) bond motifs is 1. The van der Waals surface area contributed by atoms with E-state index in [9.17, 15) is 0 Å². The van der Waals surface area contributed by atoms with Crippen LogP contribution in [0, 0.1) is 5.92 Å². The normalized spacial score (nSPS) is 23.2.